The summed E-state index contributed by atoms with van der Waals surface area (Å²) in [6.07, 6.45) is -2.00. The molecule has 1 aromatic heterocycles. The van der Waals surface area contributed by atoms with E-state index in [-0.39, 0.29) is 43.5 Å². The molecule has 1 aliphatic rings. The molecule has 14 heteroatoms. The quantitative estimate of drug-likeness (QED) is 0.439. The molecule has 2 heterocycles. The van der Waals surface area contributed by atoms with Crippen molar-refractivity contribution in [2.45, 2.75) is 50.0 Å². The number of piperazine rings is 1. The van der Waals surface area contributed by atoms with Gasteiger partial charge in [0, 0.05) is 26.2 Å². The van der Waals surface area contributed by atoms with E-state index in [0.717, 1.165) is 27.6 Å². The summed E-state index contributed by atoms with van der Waals surface area (Å²) in [5, 5.41) is 6.64. The second-order valence-corrected chi connectivity index (χ2v) is 11.6. The van der Waals surface area contributed by atoms with Crippen LogP contribution in [0.1, 0.15) is 36.5 Å². The first kappa shape index (κ1) is 29.2. The summed E-state index contributed by atoms with van der Waals surface area (Å²) >= 11 is 0. The van der Waals surface area contributed by atoms with E-state index in [0.29, 0.717) is 18.1 Å². The minimum absolute atomic E-state index is 0.0200. The van der Waals surface area contributed by atoms with Gasteiger partial charge in [-0.2, -0.15) is 22.6 Å². The monoisotopic (exact) mass is 578 g/mol. The first-order valence-electron chi connectivity index (χ1n) is 12.5. The molecule has 1 atom stereocenters. The zero-order valence-corrected chi connectivity index (χ0v) is 22.7. The highest BCUT2D eigenvalue weighted by Gasteiger charge is 2.41. The summed E-state index contributed by atoms with van der Waals surface area (Å²) in [6, 6.07) is 9.40. The van der Waals surface area contributed by atoms with Gasteiger partial charge in [0.2, 0.25) is 21.8 Å². The van der Waals surface area contributed by atoms with Gasteiger partial charge in [0.25, 0.3) is 0 Å². The van der Waals surface area contributed by atoms with Gasteiger partial charge in [-0.3, -0.25) is 9.59 Å². The predicted octanol–water partition coefficient (Wildman–Crippen LogP) is 2.64. The molecule has 4 rings (SSSR count). The molecule has 2 aromatic carbocycles. The summed E-state index contributed by atoms with van der Waals surface area (Å²) in [5.41, 5.74) is 0.926. The van der Waals surface area contributed by atoms with Crippen LogP contribution in [-0.4, -0.2) is 69.9 Å². The Kier molecular flexibility index (Phi) is 8.59. The number of nitrogens with one attached hydrogen (secondary N) is 1. The molecule has 214 valence electrons. The van der Waals surface area contributed by atoms with E-state index in [2.05, 4.69) is 29.2 Å². The molecule has 40 heavy (non-hydrogen) atoms. The maximum atomic E-state index is 13.5. The van der Waals surface area contributed by atoms with E-state index < -0.39 is 33.7 Å². The Morgan fingerprint density at radius 2 is 1.73 bits per heavy atom. The van der Waals surface area contributed by atoms with Crippen LogP contribution in [0.3, 0.4) is 0 Å². The number of benzene rings is 2. The van der Waals surface area contributed by atoms with Crippen LogP contribution in [0.4, 0.5) is 13.2 Å². The molecule has 1 fully saturated rings. The Morgan fingerprint density at radius 3 is 2.30 bits per heavy atom. The van der Waals surface area contributed by atoms with Crippen LogP contribution in [0.5, 0.6) is 0 Å². The minimum Gasteiger partial charge on any atom is -0.351 e. The standard InChI is InChI=1S/C26H29F3N6O4S/c1-18(2)20-5-3-19(4-6-20)13-31-25(37)23-14-33(24(36)15-34-17-30-16-32-34)11-12-35(23)40(38,39)22-9-7-21(8-10-22)26(27,28)29/h3-10,16-18,23H,11-15H2,1-2H3,(H,31,37)/t23-/m1/s1. The van der Waals surface area contributed by atoms with Gasteiger partial charge in [0.1, 0.15) is 25.2 Å². The fourth-order valence-electron chi connectivity index (χ4n) is 4.33. The molecule has 0 bridgehead atoms. The molecule has 2 amide bonds. The van der Waals surface area contributed by atoms with Gasteiger partial charge in [-0.15, -0.1) is 0 Å². The number of carbonyl (C=O) groups excluding carboxylic acids is 2. The molecule has 0 spiro atoms. The number of alkyl halides is 3. The molecular weight excluding hydrogens is 549 g/mol. The normalized spacial score (nSPS) is 16.8. The van der Waals surface area contributed by atoms with Crippen LogP contribution in [0.25, 0.3) is 0 Å². The van der Waals surface area contributed by atoms with Gasteiger partial charge < -0.3 is 10.2 Å². The summed E-state index contributed by atoms with van der Waals surface area (Å²) in [6.45, 7) is 3.59. The topological polar surface area (TPSA) is 118 Å². The number of aromatic nitrogens is 3. The van der Waals surface area contributed by atoms with Crippen molar-refractivity contribution in [3.8, 4) is 0 Å². The van der Waals surface area contributed by atoms with E-state index >= 15 is 0 Å². The lowest BCUT2D eigenvalue weighted by Gasteiger charge is -2.39. The third-order valence-electron chi connectivity index (χ3n) is 6.65. The van der Waals surface area contributed by atoms with Crippen molar-refractivity contribution < 1.29 is 31.2 Å². The molecule has 3 aromatic rings. The molecule has 1 aliphatic heterocycles. The second kappa shape index (κ2) is 11.8. The van der Waals surface area contributed by atoms with E-state index in [1.807, 2.05) is 24.3 Å². The summed E-state index contributed by atoms with van der Waals surface area (Å²) in [5.74, 6) is -0.697. The van der Waals surface area contributed by atoms with E-state index in [9.17, 15) is 31.2 Å². The third kappa shape index (κ3) is 6.67. The summed E-state index contributed by atoms with van der Waals surface area (Å²) < 4.78 is 68.3. The summed E-state index contributed by atoms with van der Waals surface area (Å²) in [4.78, 5) is 31.0. The number of hydrogen-bond donors (Lipinski definition) is 1. The van der Waals surface area contributed by atoms with Gasteiger partial charge in [-0.05, 0) is 41.3 Å². The van der Waals surface area contributed by atoms with Gasteiger partial charge in [-0.1, -0.05) is 38.1 Å². The number of sulfonamides is 1. The van der Waals surface area contributed by atoms with Crippen molar-refractivity contribution in [3.63, 3.8) is 0 Å². The average molecular weight is 579 g/mol. The largest absolute Gasteiger partial charge is 0.416 e. The lowest BCUT2D eigenvalue weighted by molar-refractivity contribution is -0.138. The maximum absolute atomic E-state index is 13.5. The van der Waals surface area contributed by atoms with Crippen molar-refractivity contribution in [1.82, 2.24) is 29.3 Å². The fraction of sp³-hybridized carbons (Fsp3) is 0.385. The van der Waals surface area contributed by atoms with Crippen LogP contribution < -0.4 is 5.32 Å². The molecule has 0 radical (unpaired) electrons. The zero-order chi connectivity index (χ0) is 29.1. The number of rotatable bonds is 8. The smallest absolute Gasteiger partial charge is 0.351 e. The molecule has 10 nitrogen and oxygen atoms in total. The van der Waals surface area contributed by atoms with Gasteiger partial charge in [0.05, 0.1) is 10.5 Å². The highest BCUT2D eigenvalue weighted by atomic mass is 32.2. The van der Waals surface area contributed by atoms with Crippen molar-refractivity contribution in [3.05, 3.63) is 77.9 Å². The average Bonchev–Trinajstić information content (AvgIpc) is 3.44. The molecule has 0 saturated carbocycles. The van der Waals surface area contributed by atoms with Crippen molar-refractivity contribution in [1.29, 1.82) is 0 Å². The van der Waals surface area contributed by atoms with Crippen LogP contribution in [0.2, 0.25) is 0 Å². The maximum Gasteiger partial charge on any atom is 0.416 e. The number of halogens is 3. The Labute approximate surface area is 229 Å². The highest BCUT2D eigenvalue weighted by molar-refractivity contribution is 7.89. The molecular formula is C26H29F3N6O4S. The van der Waals surface area contributed by atoms with E-state index in [1.165, 1.54) is 22.2 Å². The van der Waals surface area contributed by atoms with Gasteiger partial charge >= 0.3 is 6.18 Å². The number of carbonyl (C=O) groups is 2. The van der Waals surface area contributed by atoms with E-state index in [1.54, 1.807) is 0 Å². The van der Waals surface area contributed by atoms with Crippen molar-refractivity contribution in [2.75, 3.05) is 19.6 Å². The van der Waals surface area contributed by atoms with Gasteiger partial charge in [0.15, 0.2) is 0 Å². The van der Waals surface area contributed by atoms with E-state index in [4.69, 9.17) is 0 Å². The van der Waals surface area contributed by atoms with Crippen LogP contribution in [-0.2, 0) is 38.9 Å². The Morgan fingerprint density at radius 1 is 1.05 bits per heavy atom. The Balaban J connectivity index is 1.56. The number of hydrogen-bond acceptors (Lipinski definition) is 6. The zero-order valence-electron chi connectivity index (χ0n) is 21.9. The van der Waals surface area contributed by atoms with Crippen LogP contribution in [0, 0.1) is 0 Å². The Hall–Kier alpha value is -3.78. The lowest BCUT2D eigenvalue weighted by atomic mass is 10.0. The fourth-order valence-corrected chi connectivity index (χ4v) is 5.90. The lowest BCUT2D eigenvalue weighted by Crippen LogP contribution is -2.61. The molecule has 1 N–H and O–H groups in total. The number of amides is 2. The molecule has 0 aliphatic carbocycles. The highest BCUT2D eigenvalue weighted by Crippen LogP contribution is 2.31. The van der Waals surface area contributed by atoms with Gasteiger partial charge in [-0.25, -0.2) is 18.1 Å². The first-order chi connectivity index (χ1) is 18.9. The Bertz CT molecular complexity index is 1430. The third-order valence-corrected chi connectivity index (χ3v) is 8.57. The molecule has 1 saturated heterocycles. The predicted molar refractivity (Wildman–Crippen MR) is 138 cm³/mol. The first-order valence-corrected chi connectivity index (χ1v) is 14.0. The van der Waals surface area contributed by atoms with Crippen molar-refractivity contribution >= 4 is 21.8 Å². The number of nitrogens with zero attached hydrogens (tertiary/aromatic N) is 5. The van der Waals surface area contributed by atoms with Crippen LogP contribution >= 0.6 is 0 Å². The second-order valence-electron chi connectivity index (χ2n) is 9.70. The molecule has 0 unspecified atom stereocenters. The van der Waals surface area contributed by atoms with Crippen molar-refractivity contribution in [2.24, 2.45) is 0 Å². The van der Waals surface area contributed by atoms with Crippen LogP contribution in [0.15, 0.2) is 66.1 Å². The SMILES string of the molecule is CC(C)c1ccc(CNC(=O)[C@H]2CN(C(=O)Cn3cncn3)CCN2S(=O)(=O)c2ccc(C(F)(F)F)cc2)cc1. The minimum atomic E-state index is -4.63. The summed E-state index contributed by atoms with van der Waals surface area (Å²) in [7, 11) is -4.38.